The lowest BCUT2D eigenvalue weighted by Gasteiger charge is -2.31. The van der Waals surface area contributed by atoms with E-state index in [0.717, 1.165) is 24.2 Å². The largest absolute Gasteiger partial charge is 0.205 e. The van der Waals surface area contributed by atoms with Crippen LogP contribution in [0.1, 0.15) is 93.7 Å². The van der Waals surface area contributed by atoms with E-state index in [2.05, 4.69) is 31.2 Å². The normalized spacial score (nSPS) is 26.2. The van der Waals surface area contributed by atoms with Crippen LogP contribution in [0.3, 0.4) is 0 Å². The molecule has 2 aliphatic carbocycles. The van der Waals surface area contributed by atoms with Crippen LogP contribution in [-0.4, -0.2) is 0 Å². The molecule has 0 saturated heterocycles. The minimum atomic E-state index is -0.680. The summed E-state index contributed by atoms with van der Waals surface area (Å²) >= 11 is 5.57. The van der Waals surface area contributed by atoms with E-state index in [1.54, 1.807) is 0 Å². The summed E-state index contributed by atoms with van der Waals surface area (Å²) in [4.78, 5) is 0. The zero-order valence-electron chi connectivity index (χ0n) is 19.4. The highest BCUT2D eigenvalue weighted by molar-refractivity contribution is 6.30. The maximum Gasteiger partial charge on any atom is 0.145 e. The van der Waals surface area contributed by atoms with Gasteiger partial charge in [-0.15, -0.1) is 0 Å². The van der Waals surface area contributed by atoms with Crippen molar-refractivity contribution in [1.82, 2.24) is 0 Å². The molecule has 0 bridgehead atoms. The SMILES string of the molecule is C[C@H]1CC[C@H](CC[C@H]2CC[C@H](c3ccc(CCc4cc(F)c(Cl)c(F)c4)cc3)CC2)CC1. The van der Waals surface area contributed by atoms with Crippen LogP contribution in [0.25, 0.3) is 0 Å². The maximum absolute atomic E-state index is 13.6. The Morgan fingerprint density at radius 2 is 1.22 bits per heavy atom. The molecule has 2 aromatic carbocycles. The second kappa shape index (κ2) is 11.1. The molecule has 2 aromatic rings. The molecule has 0 aromatic heterocycles. The Hall–Kier alpha value is -1.41. The average Bonchev–Trinajstić information content (AvgIpc) is 2.81. The van der Waals surface area contributed by atoms with Crippen molar-refractivity contribution in [3.8, 4) is 0 Å². The first kappa shape index (κ1) is 23.7. The molecule has 0 atom stereocenters. The highest BCUT2D eigenvalue weighted by atomic mass is 35.5. The number of rotatable bonds is 7. The summed E-state index contributed by atoms with van der Waals surface area (Å²) in [7, 11) is 0. The molecule has 2 saturated carbocycles. The van der Waals surface area contributed by atoms with Crippen molar-refractivity contribution in [3.05, 3.63) is 69.7 Å². The molecule has 0 amide bonds. The van der Waals surface area contributed by atoms with Gasteiger partial charge >= 0.3 is 0 Å². The van der Waals surface area contributed by atoms with E-state index in [1.165, 1.54) is 87.5 Å². The van der Waals surface area contributed by atoms with Crippen LogP contribution in [0.15, 0.2) is 36.4 Å². The van der Waals surface area contributed by atoms with Crippen molar-refractivity contribution in [2.75, 3.05) is 0 Å². The molecule has 0 heterocycles. The number of aryl methyl sites for hydroxylation is 2. The Kier molecular flexibility index (Phi) is 8.27. The van der Waals surface area contributed by atoms with Crippen molar-refractivity contribution in [2.45, 2.75) is 89.9 Å². The van der Waals surface area contributed by atoms with Gasteiger partial charge in [-0.2, -0.15) is 0 Å². The van der Waals surface area contributed by atoms with Crippen LogP contribution in [0.2, 0.25) is 5.02 Å². The lowest BCUT2D eigenvalue weighted by atomic mass is 9.74. The number of hydrogen-bond acceptors (Lipinski definition) is 0. The summed E-state index contributed by atoms with van der Waals surface area (Å²) < 4.78 is 27.3. The van der Waals surface area contributed by atoms with Crippen molar-refractivity contribution < 1.29 is 8.78 Å². The van der Waals surface area contributed by atoms with Gasteiger partial charge in [0.05, 0.1) is 0 Å². The molecular formula is C29H37ClF2. The standard InChI is InChI=1S/C29H37ClF2/c1-20-2-4-21(5-3-20)6-7-22-10-14-25(15-11-22)26-16-12-23(13-17-26)8-9-24-18-27(31)29(30)28(32)19-24/h12-13,16-22,25H,2-11,14-15H2,1H3/t20-,21-,22-,25-. The van der Waals surface area contributed by atoms with E-state index < -0.39 is 16.7 Å². The molecule has 174 valence electrons. The quantitative estimate of drug-likeness (QED) is 0.362. The maximum atomic E-state index is 13.6. The van der Waals surface area contributed by atoms with E-state index in [1.807, 2.05) is 0 Å². The van der Waals surface area contributed by atoms with E-state index >= 15 is 0 Å². The summed E-state index contributed by atoms with van der Waals surface area (Å²) in [6, 6.07) is 11.6. The summed E-state index contributed by atoms with van der Waals surface area (Å²) in [5.41, 5.74) is 3.31. The van der Waals surface area contributed by atoms with Gasteiger partial charge in [0.15, 0.2) is 0 Å². The third-order valence-corrected chi connectivity index (χ3v) is 8.52. The number of benzene rings is 2. The first-order chi connectivity index (χ1) is 15.5. The van der Waals surface area contributed by atoms with Gasteiger partial charge in [0, 0.05) is 0 Å². The Balaban J connectivity index is 1.21. The van der Waals surface area contributed by atoms with E-state index in [9.17, 15) is 8.78 Å². The Morgan fingerprint density at radius 1 is 0.719 bits per heavy atom. The fourth-order valence-corrected chi connectivity index (χ4v) is 5.98. The molecule has 0 nitrogen and oxygen atoms in total. The van der Waals surface area contributed by atoms with Gasteiger partial charge in [0.1, 0.15) is 16.7 Å². The predicted molar refractivity (Wildman–Crippen MR) is 130 cm³/mol. The zero-order valence-corrected chi connectivity index (χ0v) is 20.1. The van der Waals surface area contributed by atoms with Gasteiger partial charge in [-0.1, -0.05) is 81.3 Å². The highest BCUT2D eigenvalue weighted by Gasteiger charge is 2.24. The van der Waals surface area contributed by atoms with Crippen LogP contribution in [0.4, 0.5) is 8.78 Å². The first-order valence-corrected chi connectivity index (χ1v) is 13.1. The summed E-state index contributed by atoms with van der Waals surface area (Å²) in [6.07, 6.45) is 15.5. The van der Waals surface area contributed by atoms with Crippen LogP contribution < -0.4 is 0 Å². The average molecular weight is 459 g/mol. The van der Waals surface area contributed by atoms with Gasteiger partial charge in [-0.25, -0.2) is 8.78 Å². The minimum Gasteiger partial charge on any atom is -0.205 e. The molecule has 32 heavy (non-hydrogen) atoms. The molecule has 2 aliphatic rings. The van der Waals surface area contributed by atoms with Gasteiger partial charge in [-0.3, -0.25) is 0 Å². The minimum absolute atomic E-state index is 0.420. The molecular weight excluding hydrogens is 422 g/mol. The predicted octanol–water partition coefficient (Wildman–Crippen LogP) is 9.28. The van der Waals surface area contributed by atoms with Gasteiger partial charge in [0.25, 0.3) is 0 Å². The third-order valence-electron chi connectivity index (χ3n) is 8.16. The van der Waals surface area contributed by atoms with Crippen molar-refractivity contribution in [3.63, 3.8) is 0 Å². The molecule has 0 radical (unpaired) electrons. The topological polar surface area (TPSA) is 0 Å². The van der Waals surface area contributed by atoms with E-state index in [-0.39, 0.29) is 0 Å². The summed E-state index contributed by atoms with van der Waals surface area (Å²) in [5, 5.41) is -0.420. The summed E-state index contributed by atoms with van der Waals surface area (Å²) in [6.45, 7) is 2.41. The number of halogens is 3. The lowest BCUT2D eigenvalue weighted by Crippen LogP contribution is -2.17. The first-order valence-electron chi connectivity index (χ1n) is 12.7. The fraction of sp³-hybridized carbons (Fsp3) is 0.586. The molecule has 3 heteroatoms. The molecule has 4 rings (SSSR count). The van der Waals surface area contributed by atoms with E-state index in [4.69, 9.17) is 11.6 Å². The number of hydrogen-bond donors (Lipinski definition) is 0. The Labute approximate surface area is 197 Å². The van der Waals surface area contributed by atoms with Gasteiger partial charge < -0.3 is 0 Å². The molecule has 2 fully saturated rings. The Morgan fingerprint density at radius 3 is 1.78 bits per heavy atom. The van der Waals surface area contributed by atoms with Crippen LogP contribution in [-0.2, 0) is 12.8 Å². The summed E-state index contributed by atoms with van der Waals surface area (Å²) in [5.74, 6) is 2.22. The fourth-order valence-electron chi connectivity index (χ4n) is 5.87. The molecule has 0 unspecified atom stereocenters. The van der Waals surface area contributed by atoms with E-state index in [0.29, 0.717) is 17.9 Å². The molecule has 0 spiro atoms. The van der Waals surface area contributed by atoms with Gasteiger partial charge in [-0.05, 0) is 91.0 Å². The van der Waals surface area contributed by atoms with Crippen LogP contribution in [0, 0.1) is 29.4 Å². The van der Waals surface area contributed by atoms with Crippen molar-refractivity contribution in [1.29, 1.82) is 0 Å². The lowest BCUT2D eigenvalue weighted by molar-refractivity contribution is 0.237. The van der Waals surface area contributed by atoms with Crippen molar-refractivity contribution in [2.24, 2.45) is 17.8 Å². The third kappa shape index (κ3) is 6.34. The Bertz CT molecular complexity index is 836. The molecule has 0 N–H and O–H groups in total. The second-order valence-electron chi connectivity index (χ2n) is 10.5. The second-order valence-corrected chi connectivity index (χ2v) is 10.9. The van der Waals surface area contributed by atoms with Crippen LogP contribution >= 0.6 is 11.6 Å². The smallest absolute Gasteiger partial charge is 0.145 e. The van der Waals surface area contributed by atoms with Gasteiger partial charge in [0.2, 0.25) is 0 Å². The zero-order chi connectivity index (χ0) is 22.5. The highest BCUT2D eigenvalue weighted by Crippen LogP contribution is 2.39. The molecule has 0 aliphatic heterocycles. The van der Waals surface area contributed by atoms with Crippen LogP contribution in [0.5, 0.6) is 0 Å². The van der Waals surface area contributed by atoms with Crippen molar-refractivity contribution >= 4 is 11.6 Å². The monoisotopic (exact) mass is 458 g/mol.